The van der Waals surface area contributed by atoms with E-state index in [0.29, 0.717) is 18.4 Å². The second-order valence-corrected chi connectivity index (χ2v) is 6.03. The normalized spacial score (nSPS) is 26.2. The van der Waals surface area contributed by atoms with Gasteiger partial charge in [-0.2, -0.15) is 0 Å². The Morgan fingerprint density at radius 1 is 1.10 bits per heavy atom. The molecule has 3 nitrogen and oxygen atoms in total. The van der Waals surface area contributed by atoms with Crippen LogP contribution in [0.15, 0.2) is 35.4 Å². The Morgan fingerprint density at radius 3 is 2.50 bits per heavy atom. The standard InChI is InChI=1S/C17H19NO2/c1-11-8-9-17(10-12(11)2)15(19)13-6-4-5-7-14(13)18(3)16(17)20/h4-7H,8-10H2,1-3H3. The van der Waals surface area contributed by atoms with E-state index < -0.39 is 5.41 Å². The van der Waals surface area contributed by atoms with E-state index in [1.54, 1.807) is 11.9 Å². The molecule has 0 saturated carbocycles. The predicted molar refractivity (Wildman–Crippen MR) is 78.8 cm³/mol. The topological polar surface area (TPSA) is 37.4 Å². The van der Waals surface area contributed by atoms with E-state index in [1.807, 2.05) is 31.2 Å². The van der Waals surface area contributed by atoms with Crippen molar-refractivity contribution in [1.29, 1.82) is 0 Å². The summed E-state index contributed by atoms with van der Waals surface area (Å²) >= 11 is 0. The van der Waals surface area contributed by atoms with Gasteiger partial charge < -0.3 is 4.90 Å². The summed E-state index contributed by atoms with van der Waals surface area (Å²) in [7, 11) is 1.77. The Kier molecular flexibility index (Phi) is 2.82. The number of anilines is 1. The first kappa shape index (κ1) is 13.1. The minimum Gasteiger partial charge on any atom is -0.314 e. The molecule has 0 saturated heterocycles. The summed E-state index contributed by atoms with van der Waals surface area (Å²) in [4.78, 5) is 27.4. The molecule has 0 radical (unpaired) electrons. The van der Waals surface area contributed by atoms with Crippen LogP contribution in [0.5, 0.6) is 0 Å². The van der Waals surface area contributed by atoms with E-state index in [4.69, 9.17) is 0 Å². The van der Waals surface area contributed by atoms with Crippen molar-refractivity contribution < 1.29 is 9.59 Å². The van der Waals surface area contributed by atoms with Gasteiger partial charge in [-0.15, -0.1) is 0 Å². The van der Waals surface area contributed by atoms with Crippen molar-refractivity contribution in [2.45, 2.75) is 33.1 Å². The summed E-state index contributed by atoms with van der Waals surface area (Å²) < 4.78 is 0. The van der Waals surface area contributed by atoms with Crippen LogP contribution in [-0.2, 0) is 4.79 Å². The third kappa shape index (κ3) is 1.59. The maximum Gasteiger partial charge on any atom is 0.241 e. The summed E-state index contributed by atoms with van der Waals surface area (Å²) in [6, 6.07) is 7.41. The lowest BCUT2D eigenvalue weighted by Gasteiger charge is -2.42. The van der Waals surface area contributed by atoms with Gasteiger partial charge in [-0.1, -0.05) is 23.3 Å². The number of fused-ring (bicyclic) bond motifs is 1. The highest BCUT2D eigenvalue weighted by Gasteiger charge is 2.52. The summed E-state index contributed by atoms with van der Waals surface area (Å²) in [6.45, 7) is 4.13. The number of amides is 1. The monoisotopic (exact) mass is 269 g/mol. The number of para-hydroxylation sites is 1. The second kappa shape index (κ2) is 4.30. The van der Waals surface area contributed by atoms with Crippen molar-refractivity contribution in [1.82, 2.24) is 0 Å². The molecule has 20 heavy (non-hydrogen) atoms. The first-order valence-corrected chi connectivity index (χ1v) is 7.04. The van der Waals surface area contributed by atoms with Gasteiger partial charge in [0, 0.05) is 12.6 Å². The lowest BCUT2D eigenvalue weighted by atomic mass is 9.65. The van der Waals surface area contributed by atoms with Gasteiger partial charge in [0.1, 0.15) is 5.41 Å². The predicted octanol–water partition coefficient (Wildman–Crippen LogP) is 3.35. The van der Waals surface area contributed by atoms with E-state index in [0.717, 1.165) is 12.1 Å². The number of hydrogen-bond acceptors (Lipinski definition) is 2. The number of hydrogen-bond donors (Lipinski definition) is 0. The molecule has 1 aromatic carbocycles. The van der Waals surface area contributed by atoms with E-state index in [-0.39, 0.29) is 11.7 Å². The molecule has 1 spiro atoms. The van der Waals surface area contributed by atoms with Crippen LogP contribution in [0.1, 0.15) is 43.5 Å². The molecule has 104 valence electrons. The molecule has 3 heteroatoms. The minimum absolute atomic E-state index is 0.00282. The highest BCUT2D eigenvalue weighted by molar-refractivity contribution is 6.24. The fourth-order valence-corrected chi connectivity index (χ4v) is 3.43. The number of carbonyl (C=O) groups excluding carboxylic acids is 2. The van der Waals surface area contributed by atoms with Crippen LogP contribution in [0, 0.1) is 5.41 Å². The van der Waals surface area contributed by atoms with Crippen molar-refractivity contribution in [2.24, 2.45) is 5.41 Å². The number of allylic oxidation sites excluding steroid dienone is 2. The van der Waals surface area contributed by atoms with Crippen LogP contribution < -0.4 is 4.90 Å². The van der Waals surface area contributed by atoms with Crippen LogP contribution in [0.3, 0.4) is 0 Å². The third-order valence-electron chi connectivity index (χ3n) is 4.88. The van der Waals surface area contributed by atoms with E-state index in [2.05, 4.69) is 6.92 Å². The van der Waals surface area contributed by atoms with Crippen molar-refractivity contribution in [2.75, 3.05) is 11.9 Å². The SMILES string of the molecule is CC1=C(C)CC2(CC1)C(=O)c1ccccc1N(C)C2=O. The van der Waals surface area contributed by atoms with Gasteiger partial charge in [0.2, 0.25) is 5.91 Å². The molecule has 3 rings (SSSR count). The van der Waals surface area contributed by atoms with Crippen LogP contribution in [0.25, 0.3) is 0 Å². The van der Waals surface area contributed by atoms with Gasteiger partial charge in [-0.25, -0.2) is 0 Å². The third-order valence-corrected chi connectivity index (χ3v) is 4.88. The summed E-state index contributed by atoms with van der Waals surface area (Å²) in [5.41, 5.74) is 3.05. The molecule has 1 aliphatic heterocycles. The van der Waals surface area contributed by atoms with E-state index in [1.165, 1.54) is 11.1 Å². The summed E-state index contributed by atoms with van der Waals surface area (Å²) in [5.74, 6) is -0.0453. The molecule has 1 heterocycles. The average Bonchev–Trinajstić information content (AvgIpc) is 2.47. The van der Waals surface area contributed by atoms with Crippen molar-refractivity contribution in [3.63, 3.8) is 0 Å². The number of nitrogens with zero attached hydrogens (tertiary/aromatic N) is 1. The number of Topliss-reactive ketones (excluding diaryl/α,β-unsaturated/α-hetero) is 1. The molecule has 0 N–H and O–H groups in total. The van der Waals surface area contributed by atoms with Gasteiger partial charge >= 0.3 is 0 Å². The van der Waals surface area contributed by atoms with Crippen LogP contribution in [-0.4, -0.2) is 18.7 Å². The zero-order valence-corrected chi connectivity index (χ0v) is 12.2. The van der Waals surface area contributed by atoms with Crippen LogP contribution in [0.4, 0.5) is 5.69 Å². The van der Waals surface area contributed by atoms with Crippen LogP contribution in [0.2, 0.25) is 0 Å². The van der Waals surface area contributed by atoms with Gasteiger partial charge in [-0.3, -0.25) is 9.59 Å². The molecule has 0 bridgehead atoms. The summed E-state index contributed by atoms with van der Waals surface area (Å²) in [6.07, 6.45) is 2.03. The summed E-state index contributed by atoms with van der Waals surface area (Å²) in [5, 5.41) is 0. The lowest BCUT2D eigenvalue weighted by molar-refractivity contribution is -0.126. The number of ketones is 1. The first-order chi connectivity index (χ1) is 9.47. The second-order valence-electron chi connectivity index (χ2n) is 6.03. The van der Waals surface area contributed by atoms with Crippen molar-refractivity contribution >= 4 is 17.4 Å². The van der Waals surface area contributed by atoms with Gasteiger partial charge in [0.25, 0.3) is 0 Å². The molecular weight excluding hydrogens is 250 g/mol. The molecule has 0 aromatic heterocycles. The van der Waals surface area contributed by atoms with Crippen molar-refractivity contribution in [3.05, 3.63) is 41.0 Å². The molecule has 1 aliphatic carbocycles. The maximum absolute atomic E-state index is 12.9. The highest BCUT2D eigenvalue weighted by Crippen LogP contribution is 2.47. The van der Waals surface area contributed by atoms with E-state index >= 15 is 0 Å². The Bertz CT molecular complexity index is 644. The average molecular weight is 269 g/mol. The Balaban J connectivity index is 2.16. The number of benzene rings is 1. The maximum atomic E-state index is 12.9. The van der Waals surface area contributed by atoms with Gasteiger partial charge in [0.15, 0.2) is 5.78 Å². The molecule has 0 fully saturated rings. The smallest absolute Gasteiger partial charge is 0.241 e. The fraction of sp³-hybridized carbons (Fsp3) is 0.412. The molecule has 1 unspecified atom stereocenters. The Morgan fingerprint density at radius 2 is 1.80 bits per heavy atom. The van der Waals surface area contributed by atoms with Gasteiger partial charge in [0.05, 0.1) is 5.69 Å². The zero-order chi connectivity index (χ0) is 14.5. The molecule has 1 aromatic rings. The van der Waals surface area contributed by atoms with E-state index in [9.17, 15) is 9.59 Å². The number of carbonyl (C=O) groups is 2. The molecule has 2 aliphatic rings. The largest absolute Gasteiger partial charge is 0.314 e. The Hall–Kier alpha value is -1.90. The quantitative estimate of drug-likeness (QED) is 0.535. The van der Waals surface area contributed by atoms with Crippen molar-refractivity contribution in [3.8, 4) is 0 Å². The number of rotatable bonds is 0. The molecular formula is C17H19NO2. The first-order valence-electron chi connectivity index (χ1n) is 7.04. The lowest BCUT2D eigenvalue weighted by Crippen LogP contribution is -2.52. The minimum atomic E-state index is -0.868. The van der Waals surface area contributed by atoms with Crippen LogP contribution >= 0.6 is 0 Å². The molecule has 1 amide bonds. The fourth-order valence-electron chi connectivity index (χ4n) is 3.43. The highest BCUT2D eigenvalue weighted by atomic mass is 16.2. The zero-order valence-electron chi connectivity index (χ0n) is 12.2. The molecule has 1 atom stereocenters. The van der Waals surface area contributed by atoms with Gasteiger partial charge in [-0.05, 0) is 45.2 Å². The Labute approximate surface area is 119 Å².